The second kappa shape index (κ2) is 5.87. The van der Waals surface area contributed by atoms with Crippen LogP contribution in [0, 0.1) is 0 Å². The maximum atomic E-state index is 10.3. The number of hydrogen-bond acceptors (Lipinski definition) is 2. The lowest BCUT2D eigenvalue weighted by atomic mass is 10.1. The van der Waals surface area contributed by atoms with E-state index >= 15 is 0 Å². The molecule has 1 aromatic heterocycles. The van der Waals surface area contributed by atoms with Crippen LogP contribution in [0.4, 0.5) is 0 Å². The SMILES string of the molecule is CCCn1cc(C(O)c2ccc(Cl)c(Br)c2)cn1. The Hall–Kier alpha value is -0.840. The van der Waals surface area contributed by atoms with Gasteiger partial charge in [-0.15, -0.1) is 0 Å². The Morgan fingerprint density at radius 1 is 1.44 bits per heavy atom. The van der Waals surface area contributed by atoms with Gasteiger partial charge >= 0.3 is 0 Å². The third-order valence-electron chi connectivity index (χ3n) is 2.68. The molecule has 0 bridgehead atoms. The van der Waals surface area contributed by atoms with Gasteiger partial charge in [-0.05, 0) is 40.0 Å². The predicted molar refractivity (Wildman–Crippen MR) is 75.7 cm³/mol. The minimum absolute atomic E-state index is 0.632. The molecule has 3 nitrogen and oxygen atoms in total. The largest absolute Gasteiger partial charge is 0.384 e. The van der Waals surface area contributed by atoms with E-state index in [2.05, 4.69) is 28.0 Å². The molecule has 2 rings (SSSR count). The lowest BCUT2D eigenvalue weighted by Gasteiger charge is -2.09. The normalized spacial score (nSPS) is 12.7. The quantitative estimate of drug-likeness (QED) is 0.926. The first-order valence-corrected chi connectivity index (χ1v) is 6.94. The lowest BCUT2D eigenvalue weighted by molar-refractivity contribution is 0.220. The van der Waals surface area contributed by atoms with Crippen LogP contribution in [0.1, 0.15) is 30.6 Å². The van der Waals surface area contributed by atoms with Crippen LogP contribution in [-0.4, -0.2) is 14.9 Å². The highest BCUT2D eigenvalue weighted by atomic mass is 79.9. The molecule has 2 aromatic rings. The molecule has 0 radical (unpaired) electrons. The van der Waals surface area contributed by atoms with E-state index in [4.69, 9.17) is 11.6 Å². The van der Waals surface area contributed by atoms with Gasteiger partial charge in [-0.2, -0.15) is 5.10 Å². The van der Waals surface area contributed by atoms with E-state index in [1.807, 2.05) is 23.0 Å². The summed E-state index contributed by atoms with van der Waals surface area (Å²) in [6.45, 7) is 2.95. The molecule has 0 aliphatic heterocycles. The number of aliphatic hydroxyl groups is 1. The molecule has 0 saturated carbocycles. The highest BCUT2D eigenvalue weighted by Crippen LogP contribution is 2.28. The Kier molecular flexibility index (Phi) is 4.43. The molecule has 1 N–H and O–H groups in total. The second-order valence-corrected chi connectivity index (χ2v) is 5.37. The van der Waals surface area contributed by atoms with Gasteiger partial charge in [0.05, 0.1) is 11.2 Å². The zero-order valence-corrected chi connectivity index (χ0v) is 12.3. The standard InChI is InChI=1S/C13H14BrClN2O/c1-2-5-17-8-10(7-16-17)13(18)9-3-4-12(15)11(14)6-9/h3-4,6-8,13,18H,2,5H2,1H3. The minimum Gasteiger partial charge on any atom is -0.384 e. The summed E-state index contributed by atoms with van der Waals surface area (Å²) in [6.07, 6.45) is 3.91. The highest BCUT2D eigenvalue weighted by molar-refractivity contribution is 9.10. The van der Waals surface area contributed by atoms with Gasteiger partial charge in [0.25, 0.3) is 0 Å². The van der Waals surface area contributed by atoms with Gasteiger partial charge in [-0.25, -0.2) is 0 Å². The Morgan fingerprint density at radius 3 is 2.89 bits per heavy atom. The molecule has 1 atom stereocenters. The van der Waals surface area contributed by atoms with Crippen LogP contribution in [0.25, 0.3) is 0 Å². The summed E-state index contributed by atoms with van der Waals surface area (Å²) in [5, 5.41) is 15.1. The van der Waals surface area contributed by atoms with Crippen LogP contribution in [-0.2, 0) is 6.54 Å². The summed E-state index contributed by atoms with van der Waals surface area (Å²) in [5.41, 5.74) is 1.58. The molecule has 0 amide bonds. The van der Waals surface area contributed by atoms with Crippen molar-refractivity contribution in [3.05, 3.63) is 51.2 Å². The van der Waals surface area contributed by atoms with Crippen molar-refractivity contribution >= 4 is 27.5 Å². The van der Waals surface area contributed by atoms with Crippen molar-refractivity contribution in [2.24, 2.45) is 0 Å². The van der Waals surface area contributed by atoms with Gasteiger partial charge < -0.3 is 5.11 Å². The van der Waals surface area contributed by atoms with Crippen molar-refractivity contribution in [1.82, 2.24) is 9.78 Å². The summed E-state index contributed by atoms with van der Waals surface area (Å²) in [4.78, 5) is 0. The lowest BCUT2D eigenvalue weighted by Crippen LogP contribution is -1.99. The molecule has 96 valence electrons. The van der Waals surface area contributed by atoms with Crippen molar-refractivity contribution in [3.8, 4) is 0 Å². The fourth-order valence-electron chi connectivity index (χ4n) is 1.75. The topological polar surface area (TPSA) is 38.0 Å². The first-order valence-electron chi connectivity index (χ1n) is 5.77. The second-order valence-electron chi connectivity index (χ2n) is 4.11. The van der Waals surface area contributed by atoms with Gasteiger partial charge in [-0.3, -0.25) is 4.68 Å². The third-order valence-corrected chi connectivity index (χ3v) is 3.90. The Balaban J connectivity index is 2.23. The number of aryl methyl sites for hydroxylation is 1. The van der Waals surface area contributed by atoms with E-state index < -0.39 is 6.10 Å². The summed E-state index contributed by atoms with van der Waals surface area (Å²) < 4.78 is 2.62. The fraction of sp³-hybridized carbons (Fsp3) is 0.308. The van der Waals surface area contributed by atoms with Crippen molar-refractivity contribution < 1.29 is 5.11 Å². The zero-order valence-electron chi connectivity index (χ0n) is 9.98. The molecule has 1 heterocycles. The molecular weight excluding hydrogens is 316 g/mol. The predicted octanol–water partition coefficient (Wildman–Crippen LogP) is 3.79. The molecule has 0 aliphatic carbocycles. The summed E-state index contributed by atoms with van der Waals surface area (Å²) in [7, 11) is 0. The van der Waals surface area contributed by atoms with E-state index in [0.717, 1.165) is 28.6 Å². The van der Waals surface area contributed by atoms with Crippen molar-refractivity contribution in [1.29, 1.82) is 0 Å². The van der Waals surface area contributed by atoms with Gasteiger partial charge in [0, 0.05) is 22.8 Å². The number of rotatable bonds is 4. The summed E-state index contributed by atoms with van der Waals surface area (Å²) >= 11 is 9.28. The van der Waals surface area contributed by atoms with E-state index in [1.54, 1.807) is 12.3 Å². The van der Waals surface area contributed by atoms with Crippen LogP contribution < -0.4 is 0 Å². The first kappa shape index (κ1) is 13.6. The summed E-state index contributed by atoms with van der Waals surface area (Å²) in [5.74, 6) is 0. The van der Waals surface area contributed by atoms with Crippen molar-refractivity contribution in [3.63, 3.8) is 0 Å². The zero-order chi connectivity index (χ0) is 13.1. The van der Waals surface area contributed by atoms with Gasteiger partial charge in [0.2, 0.25) is 0 Å². The molecule has 0 spiro atoms. The smallest absolute Gasteiger partial charge is 0.107 e. The fourth-order valence-corrected chi connectivity index (χ4v) is 2.26. The van der Waals surface area contributed by atoms with E-state index in [-0.39, 0.29) is 0 Å². The number of nitrogens with zero attached hydrogens (tertiary/aromatic N) is 2. The molecule has 18 heavy (non-hydrogen) atoms. The maximum absolute atomic E-state index is 10.3. The Labute approximate surface area is 120 Å². The van der Waals surface area contributed by atoms with Crippen LogP contribution in [0.2, 0.25) is 5.02 Å². The molecule has 0 saturated heterocycles. The van der Waals surface area contributed by atoms with Crippen LogP contribution in [0.15, 0.2) is 35.1 Å². The number of aliphatic hydroxyl groups excluding tert-OH is 1. The number of aromatic nitrogens is 2. The first-order chi connectivity index (χ1) is 8.61. The van der Waals surface area contributed by atoms with Crippen LogP contribution in [0.5, 0.6) is 0 Å². The average molecular weight is 330 g/mol. The number of halogens is 2. The van der Waals surface area contributed by atoms with E-state index in [0.29, 0.717) is 5.02 Å². The highest BCUT2D eigenvalue weighted by Gasteiger charge is 2.13. The Morgan fingerprint density at radius 2 is 2.22 bits per heavy atom. The molecule has 5 heteroatoms. The van der Waals surface area contributed by atoms with E-state index in [1.165, 1.54) is 0 Å². The third kappa shape index (κ3) is 2.94. The molecule has 1 aromatic carbocycles. The monoisotopic (exact) mass is 328 g/mol. The number of benzene rings is 1. The van der Waals surface area contributed by atoms with Gasteiger partial charge in [0.15, 0.2) is 0 Å². The van der Waals surface area contributed by atoms with Gasteiger partial charge in [0.1, 0.15) is 6.10 Å². The average Bonchev–Trinajstić information content (AvgIpc) is 2.81. The van der Waals surface area contributed by atoms with Crippen LogP contribution in [0.3, 0.4) is 0 Å². The minimum atomic E-state index is -0.677. The number of hydrogen-bond donors (Lipinski definition) is 1. The summed E-state index contributed by atoms with van der Waals surface area (Å²) in [6, 6.07) is 5.40. The van der Waals surface area contributed by atoms with E-state index in [9.17, 15) is 5.11 Å². The van der Waals surface area contributed by atoms with Crippen molar-refractivity contribution in [2.45, 2.75) is 26.0 Å². The van der Waals surface area contributed by atoms with Crippen molar-refractivity contribution in [2.75, 3.05) is 0 Å². The van der Waals surface area contributed by atoms with Gasteiger partial charge in [-0.1, -0.05) is 24.6 Å². The maximum Gasteiger partial charge on any atom is 0.107 e. The molecule has 1 unspecified atom stereocenters. The molecular formula is C13H14BrClN2O. The molecule has 0 fully saturated rings. The van der Waals surface area contributed by atoms with Crippen LogP contribution >= 0.6 is 27.5 Å². The Bertz CT molecular complexity index is 542. The molecule has 0 aliphatic rings.